The number of hydrogen-bond donors (Lipinski definition) is 0. The summed E-state index contributed by atoms with van der Waals surface area (Å²) in [5, 5.41) is 4.27. The lowest BCUT2D eigenvalue weighted by atomic mass is 9.94. The molecule has 1 aromatic heterocycles. The van der Waals surface area contributed by atoms with Crippen LogP contribution in [0.5, 0.6) is 5.88 Å². The van der Waals surface area contributed by atoms with E-state index in [1.165, 1.54) is 4.68 Å². The Morgan fingerprint density at radius 2 is 1.68 bits per heavy atom. The number of nitrogens with zero attached hydrogens (tertiary/aromatic N) is 2. The molecule has 0 saturated carbocycles. The Morgan fingerprint density at radius 3 is 2.19 bits per heavy atom. The van der Waals surface area contributed by atoms with Crippen molar-refractivity contribution >= 4 is 21.6 Å². The van der Waals surface area contributed by atoms with Crippen LogP contribution in [-0.2, 0) is 26.4 Å². The molecule has 2 aromatic rings. The van der Waals surface area contributed by atoms with Crippen LogP contribution in [0.1, 0.15) is 59.1 Å². The van der Waals surface area contributed by atoms with Crippen molar-refractivity contribution in [3.63, 3.8) is 0 Å². The molecule has 0 fully saturated rings. The number of carbonyl (C=O) groups is 2. The standard InChI is InChI=1S/C22H30N2O6S/c1-12-10-16(13(2)14(3)19(12)31(9,27)28)18(25)17-15(4)23-24(8)20(17)29-11-30-21(26)22(5,6)7/h10H,11H2,1-9H3. The zero-order valence-electron chi connectivity index (χ0n) is 19.5. The number of ether oxygens (including phenoxy) is 2. The molecular formula is C22H30N2O6S. The van der Waals surface area contributed by atoms with E-state index >= 15 is 0 Å². The first-order valence-corrected chi connectivity index (χ1v) is 11.7. The Morgan fingerprint density at radius 1 is 1.10 bits per heavy atom. The highest BCUT2D eigenvalue weighted by atomic mass is 32.2. The van der Waals surface area contributed by atoms with Gasteiger partial charge in [0.1, 0.15) is 5.56 Å². The molecule has 0 amide bonds. The van der Waals surface area contributed by atoms with Crippen LogP contribution in [0.2, 0.25) is 0 Å². The summed E-state index contributed by atoms with van der Waals surface area (Å²) in [5.41, 5.74) is 1.98. The molecule has 2 rings (SSSR count). The molecule has 0 aliphatic carbocycles. The predicted octanol–water partition coefficient (Wildman–Crippen LogP) is 3.21. The summed E-state index contributed by atoms with van der Waals surface area (Å²) in [6.45, 7) is 11.6. The smallest absolute Gasteiger partial charge is 0.314 e. The van der Waals surface area contributed by atoms with E-state index in [-0.39, 0.29) is 28.9 Å². The Labute approximate surface area is 183 Å². The highest BCUT2D eigenvalue weighted by Crippen LogP contribution is 2.31. The van der Waals surface area contributed by atoms with Crippen molar-refractivity contribution in [2.75, 3.05) is 13.0 Å². The van der Waals surface area contributed by atoms with E-state index in [1.54, 1.807) is 61.6 Å². The molecule has 1 aromatic carbocycles. The zero-order valence-corrected chi connectivity index (χ0v) is 20.4. The monoisotopic (exact) mass is 450 g/mol. The van der Waals surface area contributed by atoms with Gasteiger partial charge in [0.15, 0.2) is 9.84 Å². The van der Waals surface area contributed by atoms with Gasteiger partial charge < -0.3 is 9.47 Å². The van der Waals surface area contributed by atoms with Crippen LogP contribution in [0, 0.1) is 33.1 Å². The summed E-state index contributed by atoms with van der Waals surface area (Å²) in [6.07, 6.45) is 1.15. The molecule has 0 atom stereocenters. The first kappa shape index (κ1) is 24.6. The van der Waals surface area contributed by atoms with Crippen LogP contribution < -0.4 is 4.74 Å². The zero-order chi connectivity index (χ0) is 23.9. The lowest BCUT2D eigenvalue weighted by molar-refractivity contribution is -0.159. The molecule has 0 aliphatic rings. The van der Waals surface area contributed by atoms with Gasteiger partial charge in [-0.25, -0.2) is 13.1 Å². The molecule has 9 heteroatoms. The number of rotatable bonds is 6. The minimum absolute atomic E-state index is 0.172. The van der Waals surface area contributed by atoms with Gasteiger partial charge >= 0.3 is 5.97 Å². The van der Waals surface area contributed by atoms with Crippen LogP contribution in [0.15, 0.2) is 11.0 Å². The fourth-order valence-electron chi connectivity index (χ4n) is 3.42. The SMILES string of the molecule is Cc1cc(C(=O)c2c(C)nn(C)c2OCOC(=O)C(C)(C)C)c(C)c(C)c1S(C)(=O)=O. The van der Waals surface area contributed by atoms with Gasteiger partial charge in [0.05, 0.1) is 16.0 Å². The maximum atomic E-state index is 13.5. The maximum Gasteiger partial charge on any atom is 0.314 e. The molecule has 0 aliphatic heterocycles. The summed E-state index contributed by atoms with van der Waals surface area (Å²) < 4.78 is 36.5. The van der Waals surface area contributed by atoms with Gasteiger partial charge in [-0.2, -0.15) is 5.10 Å². The Hall–Kier alpha value is -2.68. The maximum absolute atomic E-state index is 13.5. The lowest BCUT2D eigenvalue weighted by Gasteiger charge is -2.17. The molecule has 0 unspecified atom stereocenters. The van der Waals surface area contributed by atoms with Crippen molar-refractivity contribution in [2.45, 2.75) is 53.4 Å². The number of sulfone groups is 1. The minimum Gasteiger partial charge on any atom is -0.440 e. The first-order chi connectivity index (χ1) is 14.1. The third-order valence-corrected chi connectivity index (χ3v) is 6.41. The van der Waals surface area contributed by atoms with E-state index in [9.17, 15) is 18.0 Å². The van der Waals surface area contributed by atoms with E-state index in [2.05, 4.69) is 5.10 Å². The first-order valence-electron chi connectivity index (χ1n) is 9.76. The second-order valence-corrected chi connectivity index (χ2v) is 10.7. The number of ketones is 1. The summed E-state index contributed by atoms with van der Waals surface area (Å²) in [7, 11) is -1.81. The summed E-state index contributed by atoms with van der Waals surface area (Å²) in [5.74, 6) is -0.602. The number of carbonyl (C=O) groups excluding carboxylic acids is 2. The number of benzene rings is 1. The van der Waals surface area contributed by atoms with Crippen molar-refractivity contribution in [1.29, 1.82) is 0 Å². The molecule has 31 heavy (non-hydrogen) atoms. The Balaban J connectivity index is 2.47. The van der Waals surface area contributed by atoms with Crippen molar-refractivity contribution in [1.82, 2.24) is 9.78 Å². The topological polar surface area (TPSA) is 105 Å². The van der Waals surface area contributed by atoms with Crippen molar-refractivity contribution < 1.29 is 27.5 Å². The molecular weight excluding hydrogens is 420 g/mol. The molecule has 0 bridgehead atoms. The number of aryl methyl sites for hydroxylation is 3. The fraction of sp³-hybridized carbons (Fsp3) is 0.500. The van der Waals surface area contributed by atoms with Gasteiger partial charge in [-0.3, -0.25) is 9.59 Å². The van der Waals surface area contributed by atoms with E-state index in [1.807, 2.05) is 0 Å². The van der Waals surface area contributed by atoms with E-state index in [0.29, 0.717) is 27.9 Å². The van der Waals surface area contributed by atoms with Crippen LogP contribution in [-0.4, -0.2) is 43.0 Å². The molecule has 0 spiro atoms. The third-order valence-electron chi connectivity index (χ3n) is 5.04. The second kappa shape index (κ2) is 8.45. The Kier molecular flexibility index (Phi) is 6.70. The second-order valence-electron chi connectivity index (χ2n) is 8.75. The largest absolute Gasteiger partial charge is 0.440 e. The van der Waals surface area contributed by atoms with E-state index < -0.39 is 21.2 Å². The van der Waals surface area contributed by atoms with Crippen LogP contribution in [0.25, 0.3) is 0 Å². The summed E-state index contributed by atoms with van der Waals surface area (Å²) in [4.78, 5) is 25.7. The number of hydrogen-bond acceptors (Lipinski definition) is 7. The van der Waals surface area contributed by atoms with Gasteiger partial charge in [0, 0.05) is 18.9 Å². The van der Waals surface area contributed by atoms with Gasteiger partial charge in [0.25, 0.3) is 0 Å². The van der Waals surface area contributed by atoms with E-state index in [0.717, 1.165) is 6.26 Å². The van der Waals surface area contributed by atoms with Crippen molar-refractivity contribution in [2.24, 2.45) is 12.5 Å². The van der Waals surface area contributed by atoms with E-state index in [4.69, 9.17) is 9.47 Å². The lowest BCUT2D eigenvalue weighted by Crippen LogP contribution is -2.25. The average Bonchev–Trinajstić information content (AvgIpc) is 2.89. The van der Waals surface area contributed by atoms with Gasteiger partial charge in [-0.05, 0) is 71.2 Å². The fourth-order valence-corrected chi connectivity index (χ4v) is 4.77. The van der Waals surface area contributed by atoms with Gasteiger partial charge in [0.2, 0.25) is 18.5 Å². The molecule has 0 N–H and O–H groups in total. The van der Waals surface area contributed by atoms with Crippen LogP contribution in [0.3, 0.4) is 0 Å². The predicted molar refractivity (Wildman–Crippen MR) is 116 cm³/mol. The van der Waals surface area contributed by atoms with Crippen molar-refractivity contribution in [3.05, 3.63) is 39.6 Å². The highest BCUT2D eigenvalue weighted by Gasteiger charge is 2.28. The normalized spacial score (nSPS) is 12.0. The number of aromatic nitrogens is 2. The molecule has 0 saturated heterocycles. The van der Waals surface area contributed by atoms with Crippen molar-refractivity contribution in [3.8, 4) is 5.88 Å². The minimum atomic E-state index is -3.44. The summed E-state index contributed by atoms with van der Waals surface area (Å²) >= 11 is 0. The molecule has 8 nitrogen and oxygen atoms in total. The van der Waals surface area contributed by atoms with Gasteiger partial charge in [-0.1, -0.05) is 0 Å². The van der Waals surface area contributed by atoms with Gasteiger partial charge in [-0.15, -0.1) is 0 Å². The Bertz CT molecular complexity index is 1150. The highest BCUT2D eigenvalue weighted by molar-refractivity contribution is 7.90. The van der Waals surface area contributed by atoms with Crippen LogP contribution >= 0.6 is 0 Å². The third kappa shape index (κ3) is 4.98. The average molecular weight is 451 g/mol. The molecule has 170 valence electrons. The summed E-state index contributed by atoms with van der Waals surface area (Å²) in [6, 6.07) is 1.58. The van der Waals surface area contributed by atoms with Crippen LogP contribution in [0.4, 0.5) is 0 Å². The number of esters is 1. The quantitative estimate of drug-likeness (QED) is 0.378. The molecule has 0 radical (unpaired) electrons. The molecule has 1 heterocycles.